The van der Waals surface area contributed by atoms with E-state index in [0.29, 0.717) is 12.2 Å². The Labute approximate surface area is 216 Å². The number of fused-ring (bicyclic) bond motifs is 3. The number of hydrogen-bond donors (Lipinski definition) is 3. The van der Waals surface area contributed by atoms with Crippen molar-refractivity contribution >= 4 is 28.7 Å². The molecule has 0 saturated carbocycles. The van der Waals surface area contributed by atoms with Gasteiger partial charge in [0.15, 0.2) is 17.3 Å². The first-order valence-corrected chi connectivity index (χ1v) is 12.5. The number of Topliss-reactive ketones (excluding diaryl/α,β-unsaturated/α-hetero) is 2. The molecular formula is C28H24N2O6S. The van der Waals surface area contributed by atoms with Crippen molar-refractivity contribution in [2.24, 2.45) is 0 Å². The van der Waals surface area contributed by atoms with Crippen LogP contribution in [-0.2, 0) is 21.5 Å². The molecule has 9 heteroatoms. The van der Waals surface area contributed by atoms with Gasteiger partial charge in [-0.15, -0.1) is 11.3 Å². The van der Waals surface area contributed by atoms with Gasteiger partial charge in [-0.2, -0.15) is 0 Å². The lowest BCUT2D eigenvalue weighted by Crippen LogP contribution is -2.41. The Balaban J connectivity index is 1.53. The molecule has 37 heavy (non-hydrogen) atoms. The van der Waals surface area contributed by atoms with Crippen molar-refractivity contribution in [2.45, 2.75) is 39.7 Å². The highest BCUT2D eigenvalue weighted by Crippen LogP contribution is 2.57. The van der Waals surface area contributed by atoms with E-state index in [4.69, 9.17) is 4.74 Å². The fourth-order valence-corrected chi connectivity index (χ4v) is 5.50. The molecule has 1 atom stereocenters. The maximum atomic E-state index is 13.9. The largest absolute Gasteiger partial charge is 0.507 e. The number of allylic oxidation sites excluding steroid dienone is 4. The molecule has 2 heterocycles. The van der Waals surface area contributed by atoms with E-state index in [-0.39, 0.29) is 39.5 Å². The summed E-state index contributed by atoms with van der Waals surface area (Å²) in [4.78, 5) is 43.6. The van der Waals surface area contributed by atoms with Crippen LogP contribution in [0.1, 0.15) is 47.8 Å². The maximum absolute atomic E-state index is 13.9. The molecule has 0 spiro atoms. The van der Waals surface area contributed by atoms with E-state index < -0.39 is 28.5 Å². The van der Waals surface area contributed by atoms with Crippen molar-refractivity contribution < 1.29 is 29.3 Å². The van der Waals surface area contributed by atoms with Crippen LogP contribution >= 0.6 is 11.3 Å². The molecule has 0 bridgehead atoms. The summed E-state index contributed by atoms with van der Waals surface area (Å²) in [6.07, 6.45) is 2.95. The summed E-state index contributed by atoms with van der Waals surface area (Å²) in [5, 5.41) is 27.4. The third kappa shape index (κ3) is 3.65. The molecule has 0 amide bonds. The number of aromatic hydroxyl groups is 2. The van der Waals surface area contributed by atoms with Crippen molar-refractivity contribution in [3.05, 3.63) is 81.2 Å². The van der Waals surface area contributed by atoms with Gasteiger partial charge in [-0.3, -0.25) is 14.4 Å². The average molecular weight is 517 g/mol. The molecule has 1 aliphatic carbocycles. The minimum Gasteiger partial charge on any atom is -0.507 e. The number of ether oxygens (including phenoxy) is 1. The summed E-state index contributed by atoms with van der Waals surface area (Å²) in [5.41, 5.74) is 0.671. The summed E-state index contributed by atoms with van der Waals surface area (Å²) >= 11 is 1.54. The summed E-state index contributed by atoms with van der Waals surface area (Å²) in [7, 11) is 0. The Morgan fingerprint density at radius 2 is 1.95 bits per heavy atom. The first-order chi connectivity index (χ1) is 17.6. The van der Waals surface area contributed by atoms with E-state index in [1.54, 1.807) is 20.0 Å². The number of ketones is 3. The van der Waals surface area contributed by atoms with Gasteiger partial charge in [0, 0.05) is 41.0 Å². The van der Waals surface area contributed by atoms with Crippen molar-refractivity contribution in [3.63, 3.8) is 0 Å². The van der Waals surface area contributed by atoms with Gasteiger partial charge in [-0.1, -0.05) is 18.2 Å². The lowest BCUT2D eigenvalue weighted by atomic mass is 9.70. The smallest absolute Gasteiger partial charge is 0.194 e. The number of phenolic OH excluding ortho intramolecular Hbond substituents is 2. The molecule has 0 saturated heterocycles. The molecule has 1 aromatic heterocycles. The highest BCUT2D eigenvalue weighted by Gasteiger charge is 2.56. The molecule has 188 valence electrons. The number of rotatable bonds is 5. The Bertz CT molecular complexity index is 1570. The second-order valence-electron chi connectivity index (χ2n) is 9.28. The lowest BCUT2D eigenvalue weighted by Gasteiger charge is -2.29. The van der Waals surface area contributed by atoms with Crippen molar-refractivity contribution in [1.82, 2.24) is 10.3 Å². The van der Waals surface area contributed by atoms with Crippen LogP contribution in [0, 0.1) is 6.92 Å². The van der Waals surface area contributed by atoms with Gasteiger partial charge in [-0.25, -0.2) is 4.98 Å². The van der Waals surface area contributed by atoms with Crippen molar-refractivity contribution in [3.8, 4) is 27.8 Å². The van der Waals surface area contributed by atoms with E-state index in [2.05, 4.69) is 10.3 Å². The van der Waals surface area contributed by atoms with Gasteiger partial charge in [0.1, 0.15) is 39.0 Å². The van der Waals surface area contributed by atoms with Gasteiger partial charge < -0.3 is 20.3 Å². The second kappa shape index (κ2) is 8.70. The molecule has 0 unspecified atom stereocenters. The van der Waals surface area contributed by atoms with E-state index in [1.807, 2.05) is 29.6 Å². The van der Waals surface area contributed by atoms with E-state index >= 15 is 0 Å². The summed E-state index contributed by atoms with van der Waals surface area (Å²) in [6, 6.07) is 7.81. The predicted molar refractivity (Wildman–Crippen MR) is 138 cm³/mol. The molecular weight excluding hydrogens is 492 g/mol. The second-order valence-corrected chi connectivity index (χ2v) is 10.2. The van der Waals surface area contributed by atoms with Crippen molar-refractivity contribution in [1.29, 1.82) is 0 Å². The van der Waals surface area contributed by atoms with Crippen LogP contribution in [0.25, 0.3) is 10.6 Å². The monoisotopic (exact) mass is 516 g/mol. The normalized spacial score (nSPS) is 19.6. The van der Waals surface area contributed by atoms with Gasteiger partial charge in [0.25, 0.3) is 0 Å². The van der Waals surface area contributed by atoms with Crippen LogP contribution in [0.5, 0.6) is 17.2 Å². The maximum Gasteiger partial charge on any atom is 0.194 e. The van der Waals surface area contributed by atoms with Crippen LogP contribution in [0.2, 0.25) is 0 Å². The van der Waals surface area contributed by atoms with E-state index in [9.17, 15) is 24.6 Å². The quantitative estimate of drug-likeness (QED) is 0.257. The van der Waals surface area contributed by atoms with Crippen LogP contribution < -0.4 is 10.1 Å². The third-order valence-electron chi connectivity index (χ3n) is 6.92. The molecule has 0 radical (unpaired) electrons. The van der Waals surface area contributed by atoms with Gasteiger partial charge >= 0.3 is 0 Å². The van der Waals surface area contributed by atoms with Gasteiger partial charge in [0.05, 0.1) is 11.1 Å². The van der Waals surface area contributed by atoms with Crippen molar-refractivity contribution in [2.75, 3.05) is 0 Å². The summed E-state index contributed by atoms with van der Waals surface area (Å²) < 4.78 is 5.80. The van der Waals surface area contributed by atoms with E-state index in [0.717, 1.165) is 16.1 Å². The number of nitrogens with zero attached hydrogens (tertiary/aromatic N) is 1. The number of carbonyl (C=O) groups is 3. The third-order valence-corrected chi connectivity index (χ3v) is 7.75. The zero-order valence-electron chi connectivity index (χ0n) is 20.6. The van der Waals surface area contributed by atoms with Crippen LogP contribution in [0.15, 0.2) is 58.9 Å². The Kier molecular flexibility index (Phi) is 5.75. The number of aromatic nitrogens is 1. The van der Waals surface area contributed by atoms with Gasteiger partial charge in [-0.05, 0) is 39.3 Å². The molecule has 3 N–H and O–H groups in total. The standard InChI is InChI=1S/C28H24N2O6S/c1-13-23(33)21(15(3)31)25-22(24(13)34)28(4)19(36-25)11-18(32)20(26(28)35)14(2)30-12-16-6-5-7-17(10-16)27-29-8-9-37-27/h5-11,30,33-34H,12H2,1-4H3/b20-14+/t28-/m1/s1. The molecule has 0 fully saturated rings. The SMILES string of the molecule is CC(=O)c1c(O)c(C)c(O)c2c1OC1=CC(=O)/C(=C(/C)NCc3cccc(-c4nccs4)c3)C(=O)[C@]12C. The van der Waals surface area contributed by atoms with Crippen LogP contribution in [-0.4, -0.2) is 32.5 Å². The fourth-order valence-electron chi connectivity index (χ4n) is 4.87. The predicted octanol–water partition coefficient (Wildman–Crippen LogP) is 4.48. The first-order valence-electron chi connectivity index (χ1n) is 11.6. The minimum atomic E-state index is -1.54. The number of nitrogens with one attached hydrogen (secondary N) is 1. The van der Waals surface area contributed by atoms with E-state index in [1.165, 1.54) is 31.3 Å². The molecule has 1 aliphatic heterocycles. The Morgan fingerprint density at radius 1 is 1.19 bits per heavy atom. The number of phenols is 2. The highest BCUT2D eigenvalue weighted by molar-refractivity contribution is 7.13. The average Bonchev–Trinajstić information content (AvgIpc) is 3.49. The number of benzene rings is 2. The topological polar surface area (TPSA) is 126 Å². The fraction of sp³-hybridized carbons (Fsp3) is 0.214. The van der Waals surface area contributed by atoms with Gasteiger partial charge in [0.2, 0.25) is 0 Å². The molecule has 5 rings (SSSR count). The molecule has 2 aliphatic rings. The number of hydrogen-bond acceptors (Lipinski definition) is 9. The first kappa shape index (κ1) is 24.5. The Hall–Kier alpha value is -4.24. The number of carbonyl (C=O) groups excluding carboxylic acids is 3. The molecule has 8 nitrogen and oxygen atoms in total. The molecule has 3 aromatic rings. The minimum absolute atomic E-state index is 0.00741. The summed E-state index contributed by atoms with van der Waals surface area (Å²) in [6.45, 7) is 6.26. The molecule has 2 aromatic carbocycles. The van der Waals surface area contributed by atoms with Crippen LogP contribution in [0.4, 0.5) is 0 Å². The highest BCUT2D eigenvalue weighted by atomic mass is 32.1. The lowest BCUT2D eigenvalue weighted by molar-refractivity contribution is -0.123. The van der Waals surface area contributed by atoms with Crippen LogP contribution in [0.3, 0.4) is 0 Å². The number of thiazole rings is 1. The zero-order valence-corrected chi connectivity index (χ0v) is 21.4. The summed E-state index contributed by atoms with van der Waals surface area (Å²) in [5.74, 6) is -2.47. The zero-order chi connectivity index (χ0) is 26.6. The Morgan fingerprint density at radius 3 is 2.62 bits per heavy atom.